The number of amides is 1. The highest BCUT2D eigenvalue weighted by molar-refractivity contribution is 5.94. The van der Waals surface area contributed by atoms with Gasteiger partial charge in [0.15, 0.2) is 5.69 Å². The third-order valence-electron chi connectivity index (χ3n) is 3.86. The van der Waals surface area contributed by atoms with Gasteiger partial charge in [-0.3, -0.25) is 19.2 Å². The third kappa shape index (κ3) is 2.72. The molecule has 0 unspecified atom stereocenters. The first kappa shape index (κ1) is 14.7. The summed E-state index contributed by atoms with van der Waals surface area (Å²) < 4.78 is 6.84. The van der Waals surface area contributed by atoms with Crippen LogP contribution in [-0.2, 0) is 18.3 Å². The van der Waals surface area contributed by atoms with Crippen LogP contribution in [0, 0.1) is 0 Å². The van der Waals surface area contributed by atoms with Crippen molar-refractivity contribution in [3.63, 3.8) is 0 Å². The number of aryl methyl sites for hydroxylation is 1. The number of ether oxygens (including phenoxy) is 1. The third-order valence-corrected chi connectivity index (χ3v) is 3.86. The summed E-state index contributed by atoms with van der Waals surface area (Å²) in [5, 5.41) is 4.42. The SMILES string of the molecule is Cn1nc(C(N)=O)c(=O)c2cc(CN3CCOCC3)ccc21. The van der Waals surface area contributed by atoms with Gasteiger partial charge in [-0.1, -0.05) is 6.07 Å². The molecule has 2 heterocycles. The zero-order chi connectivity index (χ0) is 15.7. The number of benzene rings is 1. The molecule has 1 amide bonds. The maximum atomic E-state index is 12.4. The van der Waals surface area contributed by atoms with Crippen LogP contribution < -0.4 is 11.2 Å². The van der Waals surface area contributed by atoms with Crippen molar-refractivity contribution in [3.8, 4) is 0 Å². The van der Waals surface area contributed by atoms with Gasteiger partial charge in [0, 0.05) is 26.7 Å². The summed E-state index contributed by atoms with van der Waals surface area (Å²) in [5.74, 6) is -0.805. The Hall–Kier alpha value is -2.25. The molecule has 22 heavy (non-hydrogen) atoms. The quantitative estimate of drug-likeness (QED) is 0.852. The lowest BCUT2D eigenvalue weighted by Crippen LogP contribution is -2.35. The van der Waals surface area contributed by atoms with E-state index in [4.69, 9.17) is 10.5 Å². The van der Waals surface area contributed by atoms with Crippen LogP contribution in [0.25, 0.3) is 10.9 Å². The summed E-state index contributed by atoms with van der Waals surface area (Å²) in [6.45, 7) is 3.95. The fourth-order valence-electron chi connectivity index (χ4n) is 2.70. The maximum Gasteiger partial charge on any atom is 0.273 e. The van der Waals surface area contributed by atoms with Gasteiger partial charge < -0.3 is 10.5 Å². The lowest BCUT2D eigenvalue weighted by molar-refractivity contribution is 0.0342. The second-order valence-electron chi connectivity index (χ2n) is 5.41. The van der Waals surface area contributed by atoms with E-state index in [9.17, 15) is 9.59 Å². The van der Waals surface area contributed by atoms with Crippen molar-refractivity contribution in [2.75, 3.05) is 26.3 Å². The van der Waals surface area contributed by atoms with Crippen LogP contribution in [-0.4, -0.2) is 46.9 Å². The number of hydrogen-bond acceptors (Lipinski definition) is 5. The van der Waals surface area contributed by atoms with Crippen LogP contribution in [0.4, 0.5) is 0 Å². The van der Waals surface area contributed by atoms with Gasteiger partial charge in [-0.15, -0.1) is 0 Å². The number of carbonyl (C=O) groups excluding carboxylic acids is 1. The van der Waals surface area contributed by atoms with E-state index in [2.05, 4.69) is 10.00 Å². The van der Waals surface area contributed by atoms with Gasteiger partial charge in [-0.05, 0) is 17.7 Å². The van der Waals surface area contributed by atoms with E-state index in [1.807, 2.05) is 18.2 Å². The van der Waals surface area contributed by atoms with Crippen molar-refractivity contribution in [1.29, 1.82) is 0 Å². The first-order valence-corrected chi connectivity index (χ1v) is 7.16. The van der Waals surface area contributed by atoms with E-state index in [0.717, 1.165) is 38.4 Å². The first-order valence-electron chi connectivity index (χ1n) is 7.16. The fourth-order valence-corrected chi connectivity index (χ4v) is 2.70. The Labute approximate surface area is 127 Å². The molecular formula is C15H18N4O3. The van der Waals surface area contributed by atoms with Gasteiger partial charge in [0.05, 0.1) is 24.1 Å². The number of nitrogens with zero attached hydrogens (tertiary/aromatic N) is 3. The molecule has 3 rings (SSSR count). The minimum absolute atomic E-state index is 0.224. The molecule has 0 saturated carbocycles. The van der Waals surface area contributed by atoms with E-state index < -0.39 is 11.3 Å². The zero-order valence-corrected chi connectivity index (χ0v) is 12.4. The zero-order valence-electron chi connectivity index (χ0n) is 12.4. The molecule has 7 nitrogen and oxygen atoms in total. The Morgan fingerprint density at radius 2 is 2.09 bits per heavy atom. The average molecular weight is 302 g/mol. The average Bonchev–Trinajstić information content (AvgIpc) is 2.51. The molecule has 1 aliphatic rings. The number of fused-ring (bicyclic) bond motifs is 1. The molecule has 2 aromatic rings. The smallest absolute Gasteiger partial charge is 0.273 e. The second-order valence-corrected chi connectivity index (χ2v) is 5.41. The lowest BCUT2D eigenvalue weighted by Gasteiger charge is -2.26. The van der Waals surface area contributed by atoms with E-state index in [1.165, 1.54) is 4.68 Å². The number of hydrogen-bond donors (Lipinski definition) is 1. The largest absolute Gasteiger partial charge is 0.379 e. The minimum atomic E-state index is -0.805. The van der Waals surface area contributed by atoms with Crippen LogP contribution in [0.5, 0.6) is 0 Å². The van der Waals surface area contributed by atoms with Crippen molar-refractivity contribution in [2.24, 2.45) is 12.8 Å². The molecule has 0 radical (unpaired) electrons. The number of nitrogens with two attached hydrogens (primary N) is 1. The molecule has 0 atom stereocenters. The molecular weight excluding hydrogens is 284 g/mol. The molecule has 1 saturated heterocycles. The lowest BCUT2D eigenvalue weighted by atomic mass is 10.1. The van der Waals surface area contributed by atoms with Crippen molar-refractivity contribution in [2.45, 2.75) is 6.54 Å². The molecule has 0 bridgehead atoms. The highest BCUT2D eigenvalue weighted by Gasteiger charge is 2.15. The van der Waals surface area contributed by atoms with Crippen LogP contribution in [0.3, 0.4) is 0 Å². The van der Waals surface area contributed by atoms with Gasteiger partial charge in [0.1, 0.15) is 0 Å². The Kier molecular flexibility index (Phi) is 3.91. The number of morpholine rings is 1. The normalized spacial score (nSPS) is 16.0. The van der Waals surface area contributed by atoms with Gasteiger partial charge in [0.2, 0.25) is 5.43 Å². The summed E-state index contributed by atoms with van der Waals surface area (Å²) in [6, 6.07) is 5.65. The predicted molar refractivity (Wildman–Crippen MR) is 81.6 cm³/mol. The standard InChI is InChI=1S/C15H18N4O3/c1-18-12-3-2-10(9-19-4-6-22-7-5-19)8-11(12)14(20)13(17-18)15(16)21/h2-3,8H,4-7,9H2,1H3,(H2,16,21). The first-order chi connectivity index (χ1) is 10.6. The van der Waals surface area contributed by atoms with Crippen LogP contribution in [0.15, 0.2) is 23.0 Å². The molecule has 2 N–H and O–H groups in total. The monoisotopic (exact) mass is 302 g/mol. The fraction of sp³-hybridized carbons (Fsp3) is 0.400. The molecule has 1 fully saturated rings. The molecule has 0 aliphatic carbocycles. The van der Waals surface area contributed by atoms with Gasteiger partial charge in [-0.25, -0.2) is 0 Å². The summed E-state index contributed by atoms with van der Waals surface area (Å²) in [7, 11) is 1.69. The van der Waals surface area contributed by atoms with Crippen LogP contribution >= 0.6 is 0 Å². The minimum Gasteiger partial charge on any atom is -0.379 e. The summed E-state index contributed by atoms with van der Waals surface area (Å²) in [4.78, 5) is 26.0. The van der Waals surface area contributed by atoms with Crippen molar-refractivity contribution in [1.82, 2.24) is 14.7 Å². The number of primary amides is 1. The van der Waals surface area contributed by atoms with E-state index in [1.54, 1.807) is 7.05 Å². The highest BCUT2D eigenvalue weighted by Crippen LogP contribution is 2.14. The second kappa shape index (κ2) is 5.86. The summed E-state index contributed by atoms with van der Waals surface area (Å²) >= 11 is 0. The Morgan fingerprint density at radius 3 is 2.77 bits per heavy atom. The van der Waals surface area contributed by atoms with E-state index in [0.29, 0.717) is 10.9 Å². The van der Waals surface area contributed by atoms with Crippen molar-refractivity contribution < 1.29 is 9.53 Å². The predicted octanol–water partition coefficient (Wildman–Crippen LogP) is -0.135. The Morgan fingerprint density at radius 1 is 1.36 bits per heavy atom. The maximum absolute atomic E-state index is 12.4. The number of aromatic nitrogens is 2. The Balaban J connectivity index is 2.02. The van der Waals surface area contributed by atoms with Crippen LogP contribution in [0.1, 0.15) is 16.1 Å². The molecule has 1 aromatic heterocycles. The van der Waals surface area contributed by atoms with Gasteiger partial charge in [0.25, 0.3) is 5.91 Å². The van der Waals surface area contributed by atoms with Crippen LogP contribution in [0.2, 0.25) is 0 Å². The topological polar surface area (TPSA) is 90.5 Å². The molecule has 0 spiro atoms. The van der Waals surface area contributed by atoms with Crippen molar-refractivity contribution >= 4 is 16.8 Å². The number of rotatable bonds is 3. The van der Waals surface area contributed by atoms with E-state index in [-0.39, 0.29) is 5.69 Å². The molecule has 116 valence electrons. The Bertz CT molecular complexity index is 778. The molecule has 1 aliphatic heterocycles. The highest BCUT2D eigenvalue weighted by atomic mass is 16.5. The molecule has 7 heteroatoms. The van der Waals surface area contributed by atoms with Gasteiger partial charge >= 0.3 is 0 Å². The number of carbonyl (C=O) groups is 1. The van der Waals surface area contributed by atoms with Gasteiger partial charge in [-0.2, -0.15) is 5.10 Å². The summed E-state index contributed by atoms with van der Waals surface area (Å²) in [6.07, 6.45) is 0. The summed E-state index contributed by atoms with van der Waals surface area (Å²) in [5.41, 5.74) is 6.29. The van der Waals surface area contributed by atoms with Crippen molar-refractivity contribution in [3.05, 3.63) is 39.7 Å². The molecule has 1 aromatic carbocycles. The van der Waals surface area contributed by atoms with E-state index >= 15 is 0 Å².